The van der Waals surface area contributed by atoms with Crippen LogP contribution in [0.15, 0.2) is 58.3 Å². The number of ether oxygens (including phenoxy) is 1. The lowest BCUT2D eigenvalue weighted by Gasteiger charge is -2.18. The second-order valence-corrected chi connectivity index (χ2v) is 11.3. The monoisotopic (exact) mass is 496 g/mol. The fourth-order valence-corrected chi connectivity index (χ4v) is 5.60. The molecule has 2 aromatic carbocycles. The highest BCUT2D eigenvalue weighted by molar-refractivity contribution is 7.91. The molecular weight excluding hydrogens is 468 g/mol. The molecular formula is C22H28N2O7S2. The zero-order valence-electron chi connectivity index (χ0n) is 18.8. The third-order valence-electron chi connectivity index (χ3n) is 4.80. The molecule has 0 aliphatic heterocycles. The highest BCUT2D eigenvalue weighted by Gasteiger charge is 2.21. The van der Waals surface area contributed by atoms with Gasteiger partial charge in [-0.3, -0.25) is 9.59 Å². The summed E-state index contributed by atoms with van der Waals surface area (Å²) in [6.07, 6.45) is -0.387. The Kier molecular flexibility index (Phi) is 9.15. The molecule has 1 amide bonds. The molecule has 1 N–H and O–H groups in total. The Morgan fingerprint density at radius 3 is 1.97 bits per heavy atom. The number of anilines is 1. The molecule has 11 heteroatoms. The Morgan fingerprint density at radius 1 is 0.879 bits per heavy atom. The Balaban J connectivity index is 1.85. The molecule has 0 saturated carbocycles. The molecule has 0 heterocycles. The number of sulfonamides is 1. The minimum atomic E-state index is -3.64. The first kappa shape index (κ1) is 26.5. The molecule has 0 spiro atoms. The number of sulfone groups is 1. The zero-order valence-corrected chi connectivity index (χ0v) is 20.4. The quantitative estimate of drug-likeness (QED) is 0.473. The van der Waals surface area contributed by atoms with E-state index in [9.17, 15) is 26.4 Å². The van der Waals surface area contributed by atoms with Gasteiger partial charge in [0.2, 0.25) is 10.0 Å². The lowest BCUT2D eigenvalue weighted by Crippen LogP contribution is -2.30. The van der Waals surface area contributed by atoms with Gasteiger partial charge in [0, 0.05) is 18.8 Å². The van der Waals surface area contributed by atoms with Gasteiger partial charge >= 0.3 is 5.97 Å². The van der Waals surface area contributed by atoms with E-state index in [2.05, 4.69) is 5.32 Å². The van der Waals surface area contributed by atoms with Crippen molar-refractivity contribution < 1.29 is 31.2 Å². The van der Waals surface area contributed by atoms with Crippen LogP contribution in [-0.4, -0.2) is 58.5 Å². The molecule has 0 unspecified atom stereocenters. The van der Waals surface area contributed by atoms with Crippen molar-refractivity contribution in [1.82, 2.24) is 4.31 Å². The van der Waals surface area contributed by atoms with Gasteiger partial charge in [0.1, 0.15) is 0 Å². The van der Waals surface area contributed by atoms with Gasteiger partial charge in [-0.15, -0.1) is 0 Å². The second kappa shape index (κ2) is 11.4. The molecule has 0 saturated heterocycles. The lowest BCUT2D eigenvalue weighted by atomic mass is 10.2. The summed E-state index contributed by atoms with van der Waals surface area (Å²) >= 11 is 0. The maximum atomic E-state index is 12.5. The number of nitrogens with one attached hydrogen (secondary N) is 1. The van der Waals surface area contributed by atoms with Crippen molar-refractivity contribution in [2.75, 3.05) is 30.8 Å². The summed E-state index contributed by atoms with van der Waals surface area (Å²) < 4.78 is 55.7. The van der Waals surface area contributed by atoms with Crippen LogP contribution >= 0.6 is 0 Å². The molecule has 33 heavy (non-hydrogen) atoms. The summed E-state index contributed by atoms with van der Waals surface area (Å²) in [5.74, 6) is -1.88. The van der Waals surface area contributed by atoms with E-state index in [-0.39, 0.29) is 16.2 Å². The van der Waals surface area contributed by atoms with Crippen molar-refractivity contribution in [2.24, 2.45) is 0 Å². The maximum absolute atomic E-state index is 12.5. The number of benzene rings is 2. The van der Waals surface area contributed by atoms with Gasteiger partial charge < -0.3 is 10.1 Å². The maximum Gasteiger partial charge on any atom is 0.307 e. The van der Waals surface area contributed by atoms with Crippen LogP contribution in [0.2, 0.25) is 0 Å². The molecule has 9 nitrogen and oxygen atoms in total. The summed E-state index contributed by atoms with van der Waals surface area (Å²) in [5.41, 5.74) is 1.25. The van der Waals surface area contributed by atoms with Crippen LogP contribution in [0.3, 0.4) is 0 Å². The molecule has 0 fully saturated rings. The van der Waals surface area contributed by atoms with Crippen molar-refractivity contribution in [3.05, 3.63) is 54.1 Å². The second-order valence-electron chi connectivity index (χ2n) is 7.20. The normalized spacial score (nSPS) is 11.9. The topological polar surface area (TPSA) is 127 Å². The van der Waals surface area contributed by atoms with E-state index < -0.39 is 44.1 Å². The first-order chi connectivity index (χ1) is 15.5. The molecule has 2 rings (SSSR count). The van der Waals surface area contributed by atoms with Crippen LogP contribution in [0.25, 0.3) is 0 Å². The Hall–Kier alpha value is -2.76. The van der Waals surface area contributed by atoms with Gasteiger partial charge in [0.15, 0.2) is 16.4 Å². The number of rotatable bonds is 11. The number of amides is 1. The number of esters is 1. The number of hydrogen-bond donors (Lipinski definition) is 1. The average molecular weight is 497 g/mol. The lowest BCUT2D eigenvalue weighted by molar-refractivity contribution is -0.146. The minimum Gasteiger partial charge on any atom is -0.456 e. The van der Waals surface area contributed by atoms with E-state index in [0.29, 0.717) is 18.8 Å². The van der Waals surface area contributed by atoms with E-state index in [1.165, 1.54) is 40.7 Å². The van der Waals surface area contributed by atoms with E-state index in [1.54, 1.807) is 26.0 Å². The summed E-state index contributed by atoms with van der Waals surface area (Å²) in [4.78, 5) is 24.1. The molecule has 2 aromatic rings. The van der Waals surface area contributed by atoms with Gasteiger partial charge in [-0.2, -0.15) is 4.31 Å². The predicted octanol–water partition coefficient (Wildman–Crippen LogP) is 2.37. The largest absolute Gasteiger partial charge is 0.456 e. The number of hydrogen-bond acceptors (Lipinski definition) is 7. The smallest absolute Gasteiger partial charge is 0.307 e. The van der Waals surface area contributed by atoms with Crippen molar-refractivity contribution in [3.8, 4) is 0 Å². The highest BCUT2D eigenvalue weighted by Crippen LogP contribution is 2.18. The van der Waals surface area contributed by atoms with Crippen molar-refractivity contribution in [3.63, 3.8) is 0 Å². The third-order valence-corrected chi connectivity index (χ3v) is 8.60. The van der Waals surface area contributed by atoms with Gasteiger partial charge in [0.25, 0.3) is 5.91 Å². The van der Waals surface area contributed by atoms with E-state index >= 15 is 0 Å². The van der Waals surface area contributed by atoms with E-state index in [4.69, 9.17) is 4.74 Å². The molecule has 180 valence electrons. The van der Waals surface area contributed by atoms with Crippen LogP contribution in [0.5, 0.6) is 0 Å². The van der Waals surface area contributed by atoms with Crippen LogP contribution in [0, 0.1) is 6.92 Å². The molecule has 0 radical (unpaired) electrons. The Morgan fingerprint density at radius 2 is 1.42 bits per heavy atom. The van der Waals surface area contributed by atoms with Gasteiger partial charge in [0.05, 0.1) is 22.0 Å². The SMILES string of the molecule is CCN(CC)S(=O)(=O)c1ccc(NC(=O)COC(=O)CCS(=O)(=O)c2ccc(C)cc2)cc1. The Bertz CT molecular complexity index is 1170. The van der Waals surface area contributed by atoms with Crippen LogP contribution in [0.4, 0.5) is 5.69 Å². The summed E-state index contributed by atoms with van der Waals surface area (Å²) in [6, 6.07) is 11.9. The number of carbonyl (C=O) groups excluding carboxylic acids is 2. The summed E-state index contributed by atoms with van der Waals surface area (Å²) in [5, 5.41) is 2.49. The highest BCUT2D eigenvalue weighted by atomic mass is 32.2. The number of nitrogens with zero attached hydrogens (tertiary/aromatic N) is 1. The average Bonchev–Trinajstić information content (AvgIpc) is 2.77. The minimum absolute atomic E-state index is 0.102. The predicted molar refractivity (Wildman–Crippen MR) is 124 cm³/mol. The van der Waals surface area contributed by atoms with Crippen LogP contribution in [-0.2, 0) is 34.2 Å². The van der Waals surface area contributed by atoms with Crippen molar-refractivity contribution >= 4 is 37.4 Å². The summed E-state index contributed by atoms with van der Waals surface area (Å²) in [7, 11) is -7.25. The molecule has 0 aliphatic rings. The summed E-state index contributed by atoms with van der Waals surface area (Å²) in [6.45, 7) is 5.41. The molecule has 0 aliphatic carbocycles. The molecule has 0 bridgehead atoms. The van der Waals surface area contributed by atoms with Gasteiger partial charge in [-0.05, 0) is 43.3 Å². The van der Waals surface area contributed by atoms with E-state index in [1.807, 2.05) is 6.92 Å². The standard InChI is InChI=1S/C22H28N2O7S2/c1-4-24(5-2)33(29,30)20-12-8-18(9-13-20)23-21(25)16-31-22(26)14-15-32(27,28)19-10-6-17(3)7-11-19/h6-13H,4-5,14-16H2,1-3H3,(H,23,25). The number of aryl methyl sites for hydroxylation is 1. The fourth-order valence-electron chi connectivity index (χ4n) is 2.92. The first-order valence-corrected chi connectivity index (χ1v) is 13.4. The van der Waals surface area contributed by atoms with Crippen LogP contribution in [0.1, 0.15) is 25.8 Å². The third kappa shape index (κ3) is 7.37. The Labute approximate surface area is 194 Å². The van der Waals surface area contributed by atoms with Gasteiger partial charge in [-0.1, -0.05) is 31.5 Å². The molecule has 0 atom stereocenters. The van der Waals surface area contributed by atoms with Crippen molar-refractivity contribution in [1.29, 1.82) is 0 Å². The molecule has 0 aromatic heterocycles. The zero-order chi connectivity index (χ0) is 24.6. The van der Waals surface area contributed by atoms with E-state index in [0.717, 1.165) is 5.56 Å². The van der Waals surface area contributed by atoms with Crippen LogP contribution < -0.4 is 5.32 Å². The first-order valence-electron chi connectivity index (χ1n) is 10.3. The van der Waals surface area contributed by atoms with Gasteiger partial charge in [-0.25, -0.2) is 16.8 Å². The fraction of sp³-hybridized carbons (Fsp3) is 0.364. The van der Waals surface area contributed by atoms with Crippen molar-refractivity contribution in [2.45, 2.75) is 37.0 Å². The number of carbonyl (C=O) groups is 2.